The monoisotopic (exact) mass is 290 g/mol. The van der Waals surface area contributed by atoms with Crippen molar-refractivity contribution in [2.45, 2.75) is 63.5 Å². The van der Waals surface area contributed by atoms with E-state index in [-0.39, 0.29) is 0 Å². The summed E-state index contributed by atoms with van der Waals surface area (Å²) in [7, 11) is 0. The van der Waals surface area contributed by atoms with Gasteiger partial charge in [-0.3, -0.25) is 0 Å². The molecular formula is C13H22O7. The van der Waals surface area contributed by atoms with Crippen LogP contribution < -0.4 is 0 Å². The van der Waals surface area contributed by atoms with E-state index in [0.29, 0.717) is 12.8 Å². The quantitative estimate of drug-likeness (QED) is 0.231. The number of unbranched alkanes of at least 4 members (excludes halogenated alkanes) is 2. The smallest absolute Gasteiger partial charge is 0.337 e. The molecule has 0 bridgehead atoms. The highest BCUT2D eigenvalue weighted by atomic mass is 16.8. The van der Waals surface area contributed by atoms with Crippen molar-refractivity contribution >= 4 is 6.29 Å². The Morgan fingerprint density at radius 2 is 1.90 bits per heavy atom. The highest BCUT2D eigenvalue weighted by Crippen LogP contribution is 2.32. The second kappa shape index (κ2) is 6.64. The van der Waals surface area contributed by atoms with E-state index in [1.807, 2.05) is 0 Å². The van der Waals surface area contributed by atoms with Crippen LogP contribution in [0, 0.1) is 0 Å². The van der Waals surface area contributed by atoms with Gasteiger partial charge in [-0.1, -0.05) is 6.42 Å². The molecule has 1 rings (SSSR count). The third-order valence-electron chi connectivity index (χ3n) is 2.95. The van der Waals surface area contributed by atoms with Crippen molar-refractivity contribution < 1.29 is 34.7 Å². The summed E-state index contributed by atoms with van der Waals surface area (Å²) in [4.78, 5) is 10.2. The van der Waals surface area contributed by atoms with Crippen molar-refractivity contribution in [3.05, 3.63) is 11.8 Å². The van der Waals surface area contributed by atoms with Crippen LogP contribution in [0.25, 0.3) is 0 Å². The van der Waals surface area contributed by atoms with Crippen molar-refractivity contribution in [2.24, 2.45) is 0 Å². The fourth-order valence-electron chi connectivity index (χ4n) is 2.07. The van der Waals surface area contributed by atoms with Gasteiger partial charge in [0, 0.05) is 6.42 Å². The third-order valence-corrected chi connectivity index (χ3v) is 2.95. The van der Waals surface area contributed by atoms with Crippen LogP contribution in [0.4, 0.5) is 0 Å². The molecule has 1 heterocycles. The minimum atomic E-state index is -3.29. The Morgan fingerprint density at radius 1 is 1.25 bits per heavy atom. The molecule has 1 aliphatic rings. The molecule has 0 aromatic rings. The summed E-state index contributed by atoms with van der Waals surface area (Å²) >= 11 is 0. The van der Waals surface area contributed by atoms with Gasteiger partial charge in [-0.05, 0) is 32.8 Å². The van der Waals surface area contributed by atoms with Crippen LogP contribution in [-0.2, 0) is 14.3 Å². The van der Waals surface area contributed by atoms with Gasteiger partial charge in [0.05, 0.1) is 6.10 Å². The normalized spacial score (nSPS) is 26.8. The lowest BCUT2D eigenvalue weighted by Gasteiger charge is -2.17. The lowest BCUT2D eigenvalue weighted by atomic mass is 10.1. The lowest BCUT2D eigenvalue weighted by molar-refractivity contribution is -0.299. The van der Waals surface area contributed by atoms with Gasteiger partial charge < -0.3 is 34.7 Å². The summed E-state index contributed by atoms with van der Waals surface area (Å²) in [6, 6.07) is 0. The molecule has 2 unspecified atom stereocenters. The average Bonchev–Trinajstić information content (AvgIpc) is 2.58. The van der Waals surface area contributed by atoms with Crippen LogP contribution in [0.3, 0.4) is 0 Å². The van der Waals surface area contributed by atoms with E-state index in [4.69, 9.17) is 24.8 Å². The first kappa shape index (κ1) is 17.1. The Bertz CT molecular complexity index is 356. The first-order valence-electron chi connectivity index (χ1n) is 6.53. The summed E-state index contributed by atoms with van der Waals surface area (Å²) in [6.45, 7) is 3.39. The molecule has 0 aliphatic carbocycles. The predicted molar refractivity (Wildman–Crippen MR) is 68.5 cm³/mol. The highest BCUT2D eigenvalue weighted by molar-refractivity contribution is 5.48. The number of carbonyl (C=O) groups excluding carboxylic acids is 1. The summed E-state index contributed by atoms with van der Waals surface area (Å²) in [5.41, 5.74) is 0. The number of rotatable bonds is 7. The zero-order valence-corrected chi connectivity index (χ0v) is 11.7. The van der Waals surface area contributed by atoms with Crippen LogP contribution in [-0.4, -0.2) is 50.7 Å². The summed E-state index contributed by atoms with van der Waals surface area (Å²) in [5, 5.41) is 36.0. The zero-order chi connectivity index (χ0) is 15.4. The van der Waals surface area contributed by atoms with Crippen LogP contribution in [0.15, 0.2) is 11.8 Å². The lowest BCUT2D eigenvalue weighted by Crippen LogP contribution is -2.32. The average molecular weight is 290 g/mol. The maximum Gasteiger partial charge on any atom is 0.337 e. The molecule has 0 aromatic carbocycles. The molecule has 0 saturated carbocycles. The van der Waals surface area contributed by atoms with Crippen molar-refractivity contribution in [3.8, 4) is 0 Å². The second-order valence-corrected chi connectivity index (χ2v) is 5.28. The van der Waals surface area contributed by atoms with Gasteiger partial charge in [0.1, 0.15) is 12.4 Å². The Kier molecular flexibility index (Phi) is 5.67. The van der Waals surface area contributed by atoms with Crippen LogP contribution >= 0.6 is 0 Å². The fourth-order valence-corrected chi connectivity index (χ4v) is 2.07. The number of hydrogen-bond acceptors (Lipinski definition) is 7. The Morgan fingerprint density at radius 3 is 2.45 bits per heavy atom. The Balaban J connectivity index is 2.68. The van der Waals surface area contributed by atoms with E-state index in [1.54, 1.807) is 13.8 Å². The molecule has 4 N–H and O–H groups in total. The number of aliphatic hydroxyl groups excluding tert-OH is 1. The van der Waals surface area contributed by atoms with E-state index in [2.05, 4.69) is 0 Å². The molecule has 2 atom stereocenters. The third kappa shape index (κ3) is 5.18. The molecule has 116 valence electrons. The number of hydrogen-bond donors (Lipinski definition) is 4. The highest BCUT2D eigenvalue weighted by Gasteiger charge is 2.41. The van der Waals surface area contributed by atoms with Gasteiger partial charge in [0.25, 0.3) is 0 Å². The van der Waals surface area contributed by atoms with Gasteiger partial charge >= 0.3 is 5.97 Å². The van der Waals surface area contributed by atoms with E-state index in [0.717, 1.165) is 25.2 Å². The molecule has 0 spiro atoms. The van der Waals surface area contributed by atoms with Gasteiger partial charge in [-0.2, -0.15) is 0 Å². The number of carbonyl (C=O) groups is 1. The van der Waals surface area contributed by atoms with Crippen LogP contribution in [0.5, 0.6) is 0 Å². The van der Waals surface area contributed by atoms with Crippen molar-refractivity contribution in [1.29, 1.82) is 0 Å². The first-order chi connectivity index (χ1) is 9.15. The largest absolute Gasteiger partial charge is 0.505 e. The fraction of sp³-hybridized carbons (Fsp3) is 0.769. The molecule has 7 heteroatoms. The Hall–Kier alpha value is -0.990. The summed E-state index contributed by atoms with van der Waals surface area (Å²) < 4.78 is 11.2. The predicted octanol–water partition coefficient (Wildman–Crippen LogP) is 0.338. The second-order valence-electron chi connectivity index (χ2n) is 5.28. The molecule has 0 amide bonds. The number of ether oxygens (including phenoxy) is 2. The SMILES string of the molecule is CC1(C)OC(/C=C(\O)C(O)(O)O)C(CCCCC=O)O1. The van der Waals surface area contributed by atoms with E-state index < -0.39 is 29.7 Å². The van der Waals surface area contributed by atoms with Gasteiger partial charge in [0.15, 0.2) is 11.5 Å². The maximum absolute atomic E-state index is 10.2. The Labute approximate surface area is 117 Å². The zero-order valence-electron chi connectivity index (χ0n) is 11.7. The number of aliphatic hydroxyl groups is 4. The topological polar surface area (TPSA) is 116 Å². The van der Waals surface area contributed by atoms with Gasteiger partial charge in [0.2, 0.25) is 0 Å². The van der Waals surface area contributed by atoms with Gasteiger partial charge in [-0.25, -0.2) is 0 Å². The van der Waals surface area contributed by atoms with Crippen LogP contribution in [0.1, 0.15) is 39.5 Å². The molecule has 1 fully saturated rings. The van der Waals surface area contributed by atoms with Crippen molar-refractivity contribution in [2.75, 3.05) is 0 Å². The molecule has 1 aliphatic heterocycles. The molecule has 7 nitrogen and oxygen atoms in total. The number of aldehydes is 1. The van der Waals surface area contributed by atoms with Crippen molar-refractivity contribution in [1.82, 2.24) is 0 Å². The maximum atomic E-state index is 10.2. The minimum Gasteiger partial charge on any atom is -0.505 e. The molecule has 1 saturated heterocycles. The van der Waals surface area contributed by atoms with E-state index >= 15 is 0 Å². The first-order valence-corrected chi connectivity index (χ1v) is 6.53. The van der Waals surface area contributed by atoms with E-state index in [1.165, 1.54) is 0 Å². The summed E-state index contributed by atoms with van der Waals surface area (Å²) in [5.74, 6) is -5.18. The van der Waals surface area contributed by atoms with Gasteiger partial charge in [-0.15, -0.1) is 0 Å². The molecule has 20 heavy (non-hydrogen) atoms. The molecular weight excluding hydrogens is 268 g/mol. The van der Waals surface area contributed by atoms with E-state index in [9.17, 15) is 9.90 Å². The summed E-state index contributed by atoms with van der Waals surface area (Å²) in [6.07, 6.45) is 3.24. The van der Waals surface area contributed by atoms with Crippen LogP contribution in [0.2, 0.25) is 0 Å². The minimum absolute atomic E-state index is 0.402. The standard InChI is InChI=1S/C13H22O7/c1-12(2)19-9(6-4-3-5-7-14)10(20-12)8-11(15)13(16,17)18/h7-10,15-18H,3-6H2,1-2H3/b11-8-. The molecule has 0 radical (unpaired) electrons. The molecule has 0 aromatic heterocycles. The van der Waals surface area contributed by atoms with Crippen molar-refractivity contribution in [3.63, 3.8) is 0 Å².